The monoisotopic (exact) mass is 1620 g/mol. The molecule has 0 saturated heterocycles. The molecule has 652 valence electrons. The molecule has 0 fully saturated rings. The van der Waals surface area contributed by atoms with Crippen molar-refractivity contribution in [2.24, 2.45) is 130 Å². The summed E-state index contributed by atoms with van der Waals surface area (Å²) in [5, 5.41) is 23.8. The van der Waals surface area contributed by atoms with Gasteiger partial charge in [-0.1, -0.05) is 80.4 Å². The average Bonchev–Trinajstić information content (AvgIpc) is 0.858. The van der Waals surface area contributed by atoms with Crippen LogP contribution < -0.4 is 83.9 Å². The minimum Gasteiger partial charge on any atom is -0.508 e. The maximum atomic E-state index is 13.9. The van der Waals surface area contributed by atoms with Crippen LogP contribution in [0.15, 0.2) is 49.2 Å². The highest BCUT2D eigenvalue weighted by Crippen LogP contribution is 2.22. The van der Waals surface area contributed by atoms with Crippen LogP contribution in [0.4, 0.5) is 0 Å². The van der Waals surface area contributed by atoms with Gasteiger partial charge in [-0.3, -0.25) is 82.5 Å². The van der Waals surface area contributed by atoms with Crippen molar-refractivity contribution in [2.45, 2.75) is 261 Å². The van der Waals surface area contributed by atoms with E-state index >= 15 is 0 Å². The van der Waals surface area contributed by atoms with Crippen LogP contribution in [0.3, 0.4) is 0 Å². The van der Waals surface area contributed by atoms with Crippen molar-refractivity contribution in [3.63, 3.8) is 0 Å². The number of rotatable bonds is 64. The lowest BCUT2D eigenvalue weighted by molar-refractivity contribution is -0.133. The van der Waals surface area contributed by atoms with Gasteiger partial charge in [0.05, 0.1) is 19.1 Å². The highest BCUT2D eigenvalue weighted by atomic mass is 16.3. The van der Waals surface area contributed by atoms with Crippen LogP contribution in [0.25, 0.3) is 0 Å². The minimum absolute atomic E-state index is 0.0000401. The first-order chi connectivity index (χ1) is 54.3. The van der Waals surface area contributed by atoms with Crippen LogP contribution in [-0.4, -0.2) is 176 Å². The predicted molar refractivity (Wildman–Crippen MR) is 452 cm³/mol. The molecule has 1 aromatic rings. The first-order valence-corrected chi connectivity index (χ1v) is 40.9. The van der Waals surface area contributed by atoms with Crippen molar-refractivity contribution in [3.05, 3.63) is 29.8 Å². The summed E-state index contributed by atoms with van der Waals surface area (Å²) in [6.07, 6.45) is 14.7. The summed E-state index contributed by atoms with van der Waals surface area (Å²) in [5.74, 6) is -3.73. The molecule has 34 heteroatoms. The number of nitrogens with one attached hydrogen (secondary N) is 5. The van der Waals surface area contributed by atoms with E-state index < -0.39 is 23.8 Å². The number of benzene rings is 1. The third-order valence-corrected chi connectivity index (χ3v) is 18.9. The second kappa shape index (κ2) is 65.4. The molecule has 5 amide bonds. The number of aromatic hydroxyl groups is 1. The first-order valence-electron chi connectivity index (χ1n) is 40.9. The van der Waals surface area contributed by atoms with E-state index in [-0.39, 0.29) is 180 Å². The number of nitrogens with two attached hydrogens (primary N) is 10. The summed E-state index contributed by atoms with van der Waals surface area (Å²) < 4.78 is 0. The lowest BCUT2D eigenvalue weighted by atomic mass is 9.90. The van der Waals surface area contributed by atoms with Crippen molar-refractivity contribution in [2.75, 3.05) is 58.9 Å². The second-order valence-electron chi connectivity index (χ2n) is 30.1. The molecule has 0 spiro atoms. The van der Waals surface area contributed by atoms with Gasteiger partial charge in [0.15, 0.2) is 47.1 Å². The molecule has 0 bridgehead atoms. The summed E-state index contributed by atoms with van der Waals surface area (Å²) >= 11 is 0. The summed E-state index contributed by atoms with van der Waals surface area (Å²) in [6, 6.07) is 5.51. The number of carbonyl (C=O) groups is 13. The van der Waals surface area contributed by atoms with Crippen molar-refractivity contribution in [1.29, 1.82) is 0 Å². The van der Waals surface area contributed by atoms with Gasteiger partial charge < -0.3 is 93.8 Å². The normalized spacial score (nSPS) is 12.3. The third kappa shape index (κ3) is 59.4. The Hall–Kier alpha value is -9.92. The first kappa shape index (κ1) is 107. The van der Waals surface area contributed by atoms with Gasteiger partial charge in [0.25, 0.3) is 0 Å². The maximum Gasteiger partial charge on any atom is 0.223 e. The SMILES string of the molecule is CC(=O)CC(CCCN=C(N)N)C(=O)NCC(=O)C(C)C.CCC(CCCN=C(N)N)C(=O)NC(Cc1ccc(O)cc1)C(=O)CC(CCCN=C(N)N)C(=O)NCCCCCC(=O)CCCC(=O)C(C)C.CCC(CCCN=C(N)N)C(=O)NCC(=O)CC(CCCN=C(N)N)C(=O)NCCCCCC(=O)CCCC(=O)C(C)C. The van der Waals surface area contributed by atoms with Crippen LogP contribution in [-0.2, 0) is 68.7 Å². The molecule has 0 radical (unpaired) electrons. The number of Topliss-reactive ketones (excluding diaryl/α,β-unsaturated/α-hetero) is 8. The molecule has 0 saturated carbocycles. The Morgan fingerprint density at radius 3 is 1.04 bits per heavy atom. The van der Waals surface area contributed by atoms with Gasteiger partial charge in [0.2, 0.25) is 29.5 Å². The lowest BCUT2D eigenvalue weighted by Crippen LogP contribution is -2.46. The summed E-state index contributed by atoms with van der Waals surface area (Å²) in [5.41, 5.74) is 54.3. The number of aliphatic imine (C=N–C) groups is 5. The number of phenolic OH excluding ortho intramolecular Hbond substituents is 1. The van der Waals surface area contributed by atoms with E-state index in [1.54, 1.807) is 26.0 Å². The van der Waals surface area contributed by atoms with Crippen molar-refractivity contribution >= 4 is 106 Å². The third-order valence-electron chi connectivity index (χ3n) is 18.9. The number of unbranched alkanes of at least 4 members (excludes halogenated alkanes) is 4. The molecule has 115 heavy (non-hydrogen) atoms. The van der Waals surface area contributed by atoms with E-state index in [1.807, 2.05) is 41.5 Å². The molecule has 0 aliphatic carbocycles. The largest absolute Gasteiger partial charge is 0.508 e. The quantitative estimate of drug-likeness (QED) is 0.0247. The molecule has 0 aliphatic heterocycles. The number of nitrogens with zero attached hydrogens (tertiary/aromatic N) is 5. The highest BCUT2D eigenvalue weighted by molar-refractivity contribution is 5.94. The Balaban J connectivity index is 0. The van der Waals surface area contributed by atoms with E-state index in [4.69, 9.17) is 57.3 Å². The van der Waals surface area contributed by atoms with Gasteiger partial charge in [-0.2, -0.15) is 0 Å². The minimum atomic E-state index is -0.900. The Labute approximate surface area is 681 Å². The number of amides is 5. The van der Waals surface area contributed by atoms with Gasteiger partial charge in [-0.25, -0.2) is 0 Å². The van der Waals surface area contributed by atoms with Crippen molar-refractivity contribution < 1.29 is 67.4 Å². The molecule has 0 aromatic heterocycles. The van der Waals surface area contributed by atoms with Crippen LogP contribution >= 0.6 is 0 Å². The molecule has 34 nitrogen and oxygen atoms in total. The van der Waals surface area contributed by atoms with E-state index in [2.05, 4.69) is 51.5 Å². The topological polar surface area (TPSA) is 624 Å². The molecule has 0 aliphatic rings. The zero-order chi connectivity index (χ0) is 87.2. The predicted octanol–water partition coefficient (Wildman–Crippen LogP) is 4.20. The number of phenols is 1. The summed E-state index contributed by atoms with van der Waals surface area (Å²) in [4.78, 5) is 181. The van der Waals surface area contributed by atoms with Crippen LogP contribution in [0.1, 0.15) is 254 Å². The van der Waals surface area contributed by atoms with Gasteiger partial charge in [0, 0.05) is 151 Å². The smallest absolute Gasteiger partial charge is 0.223 e. The fraction of sp³-hybridized carbons (Fsp3) is 0.704. The Morgan fingerprint density at radius 1 is 0.348 bits per heavy atom. The second-order valence-corrected chi connectivity index (χ2v) is 30.1. The molecule has 6 unspecified atom stereocenters. The lowest BCUT2D eigenvalue weighted by Gasteiger charge is -2.24. The zero-order valence-corrected chi connectivity index (χ0v) is 70.3. The number of hydrogen-bond acceptors (Lipinski definition) is 19. The maximum absolute atomic E-state index is 13.9. The van der Waals surface area contributed by atoms with Crippen molar-refractivity contribution in [3.8, 4) is 5.75 Å². The standard InChI is InChI=1S/C37H62N8O6.C30H56N8O5.C14H26N4O3/c1-4-27(11-9-21-43-36(38)39)35(51)45-31(23-26-16-18-30(47)19-17-26)33(49)24-28(12-10-22-44-37(40)41)34(50)42-20-7-5-6-13-29(46)14-8-15-32(48)25(2)3;1-4-22(11-9-17-36-29(31)32)27(42)38-20-25(40)19-23(12-10-18-37-30(33)34)28(43)35-16-7-5-6-13-24(39)14-8-15-26(41)21(2)3;1-9(2)12(20)8-18-13(21)11(7-10(3)19)5-4-6-17-14(15)16/h16-19,25,27-28,31,47H,4-15,20-24H2,1-3H3,(H,42,50)(H,45,51)(H4,38,39,43)(H4,40,41,44);21-23H,4-20H2,1-3H3,(H,35,43)(H,38,42)(H4,31,32,36)(H4,33,34,37);9,11H,4-8H2,1-3H3,(H,18,21)(H4,15,16,17). The molecular weight excluding hydrogens is 1480 g/mol. The molecule has 26 N–H and O–H groups in total. The molecule has 0 heterocycles. The van der Waals surface area contributed by atoms with E-state index in [9.17, 15) is 67.4 Å². The van der Waals surface area contributed by atoms with Crippen LogP contribution in [0.5, 0.6) is 5.75 Å². The van der Waals surface area contributed by atoms with Gasteiger partial charge in [0.1, 0.15) is 34.7 Å². The molecular formula is C81H144N20O14. The van der Waals surface area contributed by atoms with Crippen molar-refractivity contribution in [1.82, 2.24) is 26.6 Å². The molecule has 1 aromatic carbocycles. The summed E-state index contributed by atoms with van der Waals surface area (Å²) in [6.45, 7) is 18.8. The molecule has 1 rings (SSSR count). The van der Waals surface area contributed by atoms with E-state index in [1.165, 1.54) is 19.1 Å². The number of ketones is 8. The van der Waals surface area contributed by atoms with E-state index in [0.717, 1.165) is 24.8 Å². The zero-order valence-electron chi connectivity index (χ0n) is 70.3. The summed E-state index contributed by atoms with van der Waals surface area (Å²) in [7, 11) is 0. The van der Waals surface area contributed by atoms with Crippen LogP contribution in [0, 0.1) is 47.3 Å². The van der Waals surface area contributed by atoms with Crippen LogP contribution in [0.2, 0.25) is 0 Å². The Bertz CT molecular complexity index is 3250. The fourth-order valence-electron chi connectivity index (χ4n) is 11.8. The average molecular weight is 1620 g/mol. The van der Waals surface area contributed by atoms with Gasteiger partial charge in [-0.15, -0.1) is 0 Å². The number of hydrogen-bond donors (Lipinski definition) is 16. The number of guanidine groups is 5. The molecule has 6 atom stereocenters. The van der Waals surface area contributed by atoms with E-state index in [0.29, 0.717) is 193 Å². The van der Waals surface area contributed by atoms with Gasteiger partial charge >= 0.3 is 0 Å². The highest BCUT2D eigenvalue weighted by Gasteiger charge is 2.31. The van der Waals surface area contributed by atoms with Gasteiger partial charge in [-0.05, 0) is 147 Å². The Morgan fingerprint density at radius 2 is 0.678 bits per heavy atom. The number of carbonyl (C=O) groups excluding carboxylic acids is 13. The Kier molecular flexibility index (Phi) is 60.9. The fourth-order valence-corrected chi connectivity index (χ4v) is 11.8.